The SMILES string of the molecule is CC.CC.CC.CC.CC.CC.CC.CC.CC.CC.CC.CC.CC.CC.CC.CN(C)c1c2ccccc2nc2ccccc12.Cc1ccc2[nH]c(-c3ccccc3)cc2c1.Cc1ccc2cc3ccc(C)cc3nc2c1.Cc1ccc2oc(-c3ccccc3)cc2c1.O=c1[nH][nH]c(=O)c2ccccc12.c1ccc2ncccc2c1. The number of nitrogens with zero attached hydrogens (tertiary/aromatic N) is 4. The summed E-state index contributed by atoms with van der Waals surface area (Å²) in [5.74, 6) is 0.932. The van der Waals surface area contributed by atoms with Gasteiger partial charge >= 0.3 is 0 Å². The molecule has 0 atom stereocenters. The molecule has 0 saturated heterocycles. The first-order valence-electron chi connectivity index (χ1n) is 43.8. The minimum absolute atomic E-state index is 0.273. The highest BCUT2D eigenvalue weighted by Crippen LogP contribution is 2.33. The number of para-hydroxylation sites is 3. The van der Waals surface area contributed by atoms with Gasteiger partial charge in [0.1, 0.15) is 11.3 Å². The summed E-state index contributed by atoms with van der Waals surface area (Å²) in [5.41, 5.74) is 16.8. The van der Waals surface area contributed by atoms with E-state index in [9.17, 15) is 9.59 Å². The molecule has 0 fully saturated rings. The van der Waals surface area contributed by atoms with Crippen molar-refractivity contribution in [3.8, 4) is 22.6 Å². The molecule has 0 bridgehead atoms. The number of aromatic amines is 3. The number of hydrogen-bond donors (Lipinski definition) is 3. The number of anilines is 1. The van der Waals surface area contributed by atoms with Crippen LogP contribution in [0, 0.1) is 27.7 Å². The minimum atomic E-state index is -0.273. The highest BCUT2D eigenvalue weighted by atomic mass is 16.3. The second kappa shape index (κ2) is 73.6. The van der Waals surface area contributed by atoms with E-state index in [-0.39, 0.29) is 11.1 Å². The molecule has 6 heterocycles. The van der Waals surface area contributed by atoms with Crippen LogP contribution in [0.15, 0.2) is 281 Å². The molecule has 6 aromatic heterocycles. The molecule has 0 aliphatic rings. The van der Waals surface area contributed by atoms with E-state index >= 15 is 0 Å². The van der Waals surface area contributed by atoms with E-state index in [4.69, 9.17) is 14.4 Å². The molecular formula is C107H155N7O3. The van der Waals surface area contributed by atoms with Crippen molar-refractivity contribution in [3.63, 3.8) is 0 Å². The summed E-state index contributed by atoms with van der Waals surface area (Å²) in [6.07, 6.45) is 1.81. The van der Waals surface area contributed by atoms with E-state index in [0.29, 0.717) is 10.8 Å². The first-order valence-corrected chi connectivity index (χ1v) is 43.8. The monoisotopic (exact) mass is 1590 g/mol. The number of nitrogens with one attached hydrogen (secondary N) is 3. The van der Waals surface area contributed by atoms with Crippen molar-refractivity contribution in [1.82, 2.24) is 30.1 Å². The predicted molar refractivity (Wildman–Crippen MR) is 534 cm³/mol. The Hall–Kier alpha value is -11.2. The van der Waals surface area contributed by atoms with E-state index in [1.54, 1.807) is 24.3 Å². The summed E-state index contributed by atoms with van der Waals surface area (Å²) in [5, 5.41) is 13.8. The van der Waals surface area contributed by atoms with Crippen LogP contribution < -0.4 is 16.0 Å². The van der Waals surface area contributed by atoms with Gasteiger partial charge in [-0.1, -0.05) is 389 Å². The van der Waals surface area contributed by atoms with Crippen molar-refractivity contribution in [1.29, 1.82) is 0 Å². The summed E-state index contributed by atoms with van der Waals surface area (Å²) < 4.78 is 5.81. The largest absolute Gasteiger partial charge is 0.456 e. The maximum absolute atomic E-state index is 11.1. The fourth-order valence-electron chi connectivity index (χ4n) is 10.4. The normalized spacial score (nSPS) is 8.75. The van der Waals surface area contributed by atoms with E-state index < -0.39 is 0 Å². The van der Waals surface area contributed by atoms with Gasteiger partial charge in [-0.3, -0.25) is 24.8 Å². The third-order valence-electron chi connectivity index (χ3n) is 14.7. The van der Waals surface area contributed by atoms with Crippen LogP contribution in [0.3, 0.4) is 0 Å². The zero-order valence-electron chi connectivity index (χ0n) is 79.4. The molecule has 636 valence electrons. The number of H-pyrrole nitrogens is 3. The van der Waals surface area contributed by atoms with E-state index in [2.05, 4.69) is 237 Å². The fourth-order valence-corrected chi connectivity index (χ4v) is 10.4. The lowest BCUT2D eigenvalue weighted by Gasteiger charge is -2.18. The lowest BCUT2D eigenvalue weighted by Crippen LogP contribution is -2.18. The Bertz CT molecular complexity index is 4810. The lowest BCUT2D eigenvalue weighted by molar-refractivity contribution is 0.631. The second-order valence-electron chi connectivity index (χ2n) is 21.6. The smallest absolute Gasteiger partial charge is 0.270 e. The van der Waals surface area contributed by atoms with Crippen LogP contribution in [-0.4, -0.2) is 44.2 Å². The molecule has 0 saturated carbocycles. The Labute approximate surface area is 710 Å². The van der Waals surface area contributed by atoms with Gasteiger partial charge in [0.2, 0.25) is 0 Å². The number of pyridine rings is 3. The lowest BCUT2D eigenvalue weighted by atomic mass is 10.1. The van der Waals surface area contributed by atoms with Crippen LogP contribution in [0.2, 0.25) is 0 Å². The van der Waals surface area contributed by atoms with Crippen molar-refractivity contribution < 1.29 is 4.42 Å². The van der Waals surface area contributed by atoms with Gasteiger partial charge in [-0.05, 0) is 135 Å². The summed E-state index contributed by atoms with van der Waals surface area (Å²) in [4.78, 5) is 41.4. The molecule has 16 aromatic rings. The van der Waals surface area contributed by atoms with Crippen molar-refractivity contribution in [2.45, 2.75) is 235 Å². The molecule has 10 aromatic carbocycles. The Balaban J connectivity index is -0.000000404. The summed E-state index contributed by atoms with van der Waals surface area (Å²) in [6.45, 7) is 68.4. The molecule has 0 radical (unpaired) electrons. The third kappa shape index (κ3) is 38.8. The molecule has 0 amide bonds. The van der Waals surface area contributed by atoms with Crippen molar-refractivity contribution in [2.24, 2.45) is 0 Å². The first kappa shape index (κ1) is 114. The number of aryl methyl sites for hydroxylation is 4. The number of furan rings is 1. The molecule has 10 nitrogen and oxygen atoms in total. The molecule has 0 aliphatic carbocycles. The zero-order chi connectivity index (χ0) is 90.2. The summed E-state index contributed by atoms with van der Waals surface area (Å²) in [6, 6.07) is 87.9. The van der Waals surface area contributed by atoms with Gasteiger partial charge in [0.25, 0.3) is 11.1 Å². The van der Waals surface area contributed by atoms with Crippen LogP contribution in [0.1, 0.15) is 230 Å². The quantitative estimate of drug-likeness (QED) is 0.150. The topological polar surface area (TPSA) is 137 Å². The Morgan fingerprint density at radius 1 is 0.282 bits per heavy atom. The van der Waals surface area contributed by atoms with Crippen LogP contribution in [-0.2, 0) is 0 Å². The molecule has 0 unspecified atom stereocenters. The van der Waals surface area contributed by atoms with Gasteiger partial charge in [0.15, 0.2) is 0 Å². The van der Waals surface area contributed by atoms with Gasteiger partial charge < -0.3 is 14.3 Å². The average molecular weight is 1590 g/mol. The highest BCUT2D eigenvalue weighted by Gasteiger charge is 2.11. The molecule has 10 heteroatoms. The van der Waals surface area contributed by atoms with Gasteiger partial charge in [0, 0.05) is 74.8 Å². The van der Waals surface area contributed by atoms with Gasteiger partial charge in [0.05, 0.1) is 44.0 Å². The highest BCUT2D eigenvalue weighted by molar-refractivity contribution is 6.07. The minimum Gasteiger partial charge on any atom is -0.456 e. The molecule has 16 rings (SSSR count). The zero-order valence-corrected chi connectivity index (χ0v) is 79.4. The van der Waals surface area contributed by atoms with E-state index in [1.807, 2.05) is 281 Å². The third-order valence-corrected chi connectivity index (χ3v) is 14.7. The maximum Gasteiger partial charge on any atom is 0.270 e. The number of benzene rings is 10. The molecular weight excluding hydrogens is 1430 g/mol. The van der Waals surface area contributed by atoms with Gasteiger partial charge in [-0.2, -0.15) is 0 Å². The Morgan fingerprint density at radius 3 is 1.07 bits per heavy atom. The summed E-state index contributed by atoms with van der Waals surface area (Å²) in [7, 11) is 4.16. The van der Waals surface area contributed by atoms with Crippen LogP contribution in [0.5, 0.6) is 0 Å². The Kier molecular flexibility index (Phi) is 72.0. The van der Waals surface area contributed by atoms with Gasteiger partial charge in [-0.15, -0.1) is 0 Å². The van der Waals surface area contributed by atoms with E-state index in [0.717, 1.165) is 44.5 Å². The number of hydrogen-bond acceptors (Lipinski definition) is 7. The standard InChI is InChI=1S/C15H14N2.2C15H13N.C15H12O.C9H7N.C8H6N2O2.15C2H6/c1-17(2)15-11-7-3-5-9-13(11)16-14-10-6-4-8-12(14)15;1-10-3-5-12-9-13-6-4-11(2)8-15(13)16-14(12)7-10;2*1-11-7-8-14-13(9-11)10-15(16-14)12-5-3-2-4-6-12;1-2-6-9-8(4-1)5-3-7-10-9;11-7-5-3-1-2-4-6(5)8(12)10-9-7;15*1-2/h3-10H,1-2H3;3-9H,1-2H3;2-10,16H,1H3;2-10H,1H3;1-7H;1-4H,(H,9,11)(H,10,12);15*1-2H3. The van der Waals surface area contributed by atoms with Crippen molar-refractivity contribution in [2.75, 3.05) is 19.0 Å². The molecule has 0 aliphatic heterocycles. The predicted octanol–water partition coefficient (Wildman–Crippen LogP) is 33.9. The first-order chi connectivity index (χ1) is 57.4. The Morgan fingerprint density at radius 2 is 0.632 bits per heavy atom. The number of aromatic nitrogens is 6. The second-order valence-corrected chi connectivity index (χ2v) is 21.6. The molecule has 117 heavy (non-hydrogen) atoms. The van der Waals surface area contributed by atoms with Crippen LogP contribution in [0.25, 0.3) is 110 Å². The van der Waals surface area contributed by atoms with Crippen molar-refractivity contribution >= 4 is 92.8 Å². The summed E-state index contributed by atoms with van der Waals surface area (Å²) >= 11 is 0. The number of fused-ring (bicyclic) bond motifs is 8. The van der Waals surface area contributed by atoms with E-state index in [1.165, 1.54) is 82.4 Å². The molecule has 0 spiro atoms. The number of rotatable bonds is 3. The van der Waals surface area contributed by atoms with Crippen molar-refractivity contribution in [3.05, 3.63) is 310 Å². The molecule has 3 N–H and O–H groups in total. The fraction of sp³-hybridized carbons (Fsp3) is 0.336. The van der Waals surface area contributed by atoms with Gasteiger partial charge in [-0.25, -0.2) is 9.97 Å². The van der Waals surface area contributed by atoms with Crippen LogP contribution >= 0.6 is 0 Å². The average Bonchev–Trinajstić information content (AvgIpc) is 1.79. The van der Waals surface area contributed by atoms with Crippen LogP contribution in [0.4, 0.5) is 5.69 Å². The maximum atomic E-state index is 11.1.